The van der Waals surface area contributed by atoms with Crippen molar-refractivity contribution in [1.29, 1.82) is 0 Å². The second-order valence-corrected chi connectivity index (χ2v) is 9.42. The van der Waals surface area contributed by atoms with Crippen LogP contribution >= 0.6 is 0 Å². The third-order valence-electron chi connectivity index (χ3n) is 6.48. The van der Waals surface area contributed by atoms with E-state index in [4.69, 9.17) is 0 Å². The van der Waals surface area contributed by atoms with Gasteiger partial charge in [-0.2, -0.15) is 0 Å². The molecule has 4 rings (SSSR count). The molecule has 0 spiro atoms. The summed E-state index contributed by atoms with van der Waals surface area (Å²) in [5, 5.41) is 3.24. The molecule has 0 atom stereocenters. The molecule has 1 nitrogen and oxygen atoms in total. The fourth-order valence-corrected chi connectivity index (χ4v) is 5.23. The molecule has 0 radical (unpaired) electrons. The number of anilines is 1. The maximum atomic E-state index is 3.24. The van der Waals surface area contributed by atoms with Gasteiger partial charge in [-0.25, -0.2) is 0 Å². The van der Waals surface area contributed by atoms with Crippen LogP contribution in [0.5, 0.6) is 0 Å². The molecular formula is C32H32BN. The number of hydrogen-bond acceptors (Lipinski definition) is 1. The minimum absolute atomic E-state index is 0.186. The van der Waals surface area contributed by atoms with E-state index >= 15 is 0 Å². The highest BCUT2D eigenvalue weighted by Crippen LogP contribution is 2.14. The molecule has 4 aromatic rings. The quantitative estimate of drug-likeness (QED) is 0.251. The molecule has 4 aromatic carbocycles. The van der Waals surface area contributed by atoms with Gasteiger partial charge in [-0.05, 0) is 71.7 Å². The Hall–Kier alpha value is -3.70. The Balaban J connectivity index is 1.76. The van der Waals surface area contributed by atoms with Gasteiger partial charge in [-0.1, -0.05) is 104 Å². The first-order valence-electron chi connectivity index (χ1n) is 11.9. The monoisotopic (exact) mass is 441 g/mol. The lowest BCUT2D eigenvalue weighted by Gasteiger charge is -2.24. The van der Waals surface area contributed by atoms with Crippen molar-refractivity contribution in [3.8, 4) is 12.0 Å². The minimum atomic E-state index is 0.186. The van der Waals surface area contributed by atoms with Crippen LogP contribution in [0.4, 0.5) is 5.69 Å². The summed E-state index contributed by atoms with van der Waals surface area (Å²) in [4.78, 5) is 0. The molecule has 0 saturated heterocycles. The van der Waals surface area contributed by atoms with Crippen molar-refractivity contribution in [3.05, 3.63) is 118 Å². The molecule has 0 fully saturated rings. The van der Waals surface area contributed by atoms with Gasteiger partial charge in [-0.3, -0.25) is 0 Å². The Labute approximate surface area is 205 Å². The molecule has 0 unspecified atom stereocenters. The maximum absolute atomic E-state index is 3.24. The summed E-state index contributed by atoms with van der Waals surface area (Å²) in [5.74, 6) is 3.16. The van der Waals surface area contributed by atoms with E-state index in [2.05, 4.69) is 107 Å². The van der Waals surface area contributed by atoms with Crippen LogP contribution in [0.2, 0.25) is 0 Å². The van der Waals surface area contributed by atoms with E-state index in [9.17, 15) is 0 Å². The molecule has 168 valence electrons. The Bertz CT molecular complexity index is 1270. The van der Waals surface area contributed by atoms with Crippen molar-refractivity contribution in [2.75, 3.05) is 5.32 Å². The molecule has 0 aromatic heterocycles. The summed E-state index contributed by atoms with van der Waals surface area (Å²) in [6.45, 7) is 13.5. The predicted octanol–water partition coefficient (Wildman–Crippen LogP) is 5.47. The van der Waals surface area contributed by atoms with Gasteiger partial charge in [0.2, 0.25) is 6.71 Å². The van der Waals surface area contributed by atoms with E-state index in [0.29, 0.717) is 0 Å². The normalized spacial score (nSPS) is 10.4. The van der Waals surface area contributed by atoms with Crippen molar-refractivity contribution in [2.24, 2.45) is 0 Å². The molecule has 0 bridgehead atoms. The molecular weight excluding hydrogens is 409 g/mol. The van der Waals surface area contributed by atoms with Gasteiger partial charge in [0.1, 0.15) is 0 Å². The zero-order chi connectivity index (χ0) is 24.2. The van der Waals surface area contributed by atoms with Crippen LogP contribution in [0.1, 0.15) is 38.9 Å². The fraction of sp³-hybridized carbons (Fsp3) is 0.188. The standard InChI is InChI=1S/C32H32BN/c1-22-18-24(3)31(25(4)19-22)33(32-26(5)20-23(2)21-27(32)6)29-12-14-30(15-13-29)34-17-16-28-10-8-7-9-11-28/h7-15,18-21,34H,1-6H3. The molecule has 0 aliphatic heterocycles. The van der Waals surface area contributed by atoms with E-state index in [0.717, 1.165) is 11.3 Å². The highest BCUT2D eigenvalue weighted by atomic mass is 14.8. The summed E-state index contributed by atoms with van der Waals surface area (Å²) in [7, 11) is 0. The number of aryl methyl sites for hydroxylation is 6. The minimum Gasteiger partial charge on any atom is -0.315 e. The van der Waals surface area contributed by atoms with E-state index in [1.165, 1.54) is 49.8 Å². The Morgan fingerprint density at radius 1 is 0.588 bits per heavy atom. The van der Waals surface area contributed by atoms with Crippen molar-refractivity contribution >= 4 is 28.8 Å². The lowest BCUT2D eigenvalue weighted by molar-refractivity contribution is 1.34. The summed E-state index contributed by atoms with van der Waals surface area (Å²) >= 11 is 0. The second-order valence-electron chi connectivity index (χ2n) is 9.42. The highest BCUT2D eigenvalue weighted by Gasteiger charge is 2.28. The predicted molar refractivity (Wildman–Crippen MR) is 149 cm³/mol. The van der Waals surface area contributed by atoms with Crippen molar-refractivity contribution in [2.45, 2.75) is 41.5 Å². The van der Waals surface area contributed by atoms with Gasteiger partial charge in [0.25, 0.3) is 0 Å². The molecule has 0 amide bonds. The lowest BCUT2D eigenvalue weighted by atomic mass is 9.34. The zero-order valence-electron chi connectivity index (χ0n) is 21.1. The average Bonchev–Trinajstić information content (AvgIpc) is 2.78. The van der Waals surface area contributed by atoms with Crippen LogP contribution in [-0.4, -0.2) is 6.71 Å². The summed E-state index contributed by atoms with van der Waals surface area (Å²) in [6, 6.07) is 31.1. The van der Waals surface area contributed by atoms with Gasteiger partial charge >= 0.3 is 0 Å². The number of hydrogen-bond donors (Lipinski definition) is 1. The molecule has 1 N–H and O–H groups in total. The van der Waals surface area contributed by atoms with Crippen LogP contribution in [0.15, 0.2) is 78.9 Å². The molecule has 0 aliphatic rings. The third kappa shape index (κ3) is 5.10. The largest absolute Gasteiger partial charge is 0.315 e. The van der Waals surface area contributed by atoms with Crippen molar-refractivity contribution < 1.29 is 0 Å². The molecule has 34 heavy (non-hydrogen) atoms. The third-order valence-corrected chi connectivity index (χ3v) is 6.48. The van der Waals surface area contributed by atoms with Crippen LogP contribution < -0.4 is 21.7 Å². The summed E-state index contributed by atoms with van der Waals surface area (Å²) < 4.78 is 0. The van der Waals surface area contributed by atoms with Crippen LogP contribution in [0.3, 0.4) is 0 Å². The smallest absolute Gasteiger partial charge is 0.242 e. The SMILES string of the molecule is Cc1cc(C)c(B(c2ccc(NC#Cc3ccccc3)cc2)c2c(C)cc(C)cc2C)c(C)c1. The number of rotatable bonds is 4. The lowest BCUT2D eigenvalue weighted by Crippen LogP contribution is -2.55. The Kier molecular flexibility index (Phi) is 6.94. The highest BCUT2D eigenvalue weighted by molar-refractivity contribution is 6.96. The first-order chi connectivity index (χ1) is 16.3. The van der Waals surface area contributed by atoms with Gasteiger partial charge < -0.3 is 5.32 Å². The first-order valence-corrected chi connectivity index (χ1v) is 11.9. The van der Waals surface area contributed by atoms with E-state index in [1.807, 2.05) is 30.3 Å². The fourth-order valence-electron chi connectivity index (χ4n) is 5.23. The topological polar surface area (TPSA) is 12.0 Å². The van der Waals surface area contributed by atoms with E-state index < -0.39 is 0 Å². The second kappa shape index (κ2) is 10.1. The molecule has 0 heterocycles. The molecule has 2 heteroatoms. The van der Waals surface area contributed by atoms with Crippen molar-refractivity contribution in [3.63, 3.8) is 0 Å². The van der Waals surface area contributed by atoms with Crippen LogP contribution in [0, 0.1) is 53.5 Å². The number of nitrogens with one attached hydrogen (secondary N) is 1. The zero-order valence-corrected chi connectivity index (χ0v) is 21.1. The first kappa shape index (κ1) is 23.5. The maximum Gasteiger partial charge on any atom is 0.242 e. The van der Waals surface area contributed by atoms with Crippen molar-refractivity contribution in [1.82, 2.24) is 0 Å². The van der Waals surface area contributed by atoms with Crippen LogP contribution in [0.25, 0.3) is 0 Å². The Morgan fingerprint density at radius 3 is 1.53 bits per heavy atom. The summed E-state index contributed by atoms with van der Waals surface area (Å²) in [6.07, 6.45) is 0. The molecule has 0 saturated carbocycles. The van der Waals surface area contributed by atoms with E-state index in [1.54, 1.807) is 0 Å². The summed E-state index contributed by atoms with van der Waals surface area (Å²) in [5.41, 5.74) is 14.1. The average molecular weight is 441 g/mol. The van der Waals surface area contributed by atoms with Gasteiger partial charge in [0.15, 0.2) is 0 Å². The van der Waals surface area contributed by atoms with Gasteiger partial charge in [0, 0.05) is 17.3 Å². The van der Waals surface area contributed by atoms with Crippen LogP contribution in [-0.2, 0) is 0 Å². The number of benzene rings is 4. The van der Waals surface area contributed by atoms with E-state index in [-0.39, 0.29) is 6.71 Å². The molecule has 0 aliphatic carbocycles. The van der Waals surface area contributed by atoms with Gasteiger partial charge in [0.05, 0.1) is 0 Å². The Morgan fingerprint density at radius 2 is 1.06 bits per heavy atom. The van der Waals surface area contributed by atoms with Gasteiger partial charge in [-0.15, -0.1) is 0 Å².